The van der Waals surface area contributed by atoms with Crippen LogP contribution in [0.5, 0.6) is 11.5 Å². The number of nitrogens with two attached hydrogens (primary N) is 3. The molecule has 498 valence electrons. The molecule has 28 nitrogen and oxygen atoms in total. The van der Waals surface area contributed by atoms with Gasteiger partial charge >= 0.3 is 17.9 Å². The third-order valence-electron chi connectivity index (χ3n) is 17.1. The van der Waals surface area contributed by atoms with E-state index < -0.39 is 116 Å². The summed E-state index contributed by atoms with van der Waals surface area (Å²) in [4.78, 5) is 53.1. The van der Waals surface area contributed by atoms with Crippen LogP contribution in [0.4, 0.5) is 0 Å². The van der Waals surface area contributed by atoms with Crippen LogP contribution in [0.15, 0.2) is 40.9 Å². The van der Waals surface area contributed by atoms with Gasteiger partial charge in [0, 0.05) is 31.4 Å². The number of guanidine groups is 2. The molecule has 1 aromatic rings. The molecule has 6 aliphatic rings. The van der Waals surface area contributed by atoms with Crippen molar-refractivity contribution in [2.75, 3.05) is 40.9 Å². The molecule has 0 amide bonds. The number of aldehydes is 1. The number of rotatable bonds is 21. The number of esters is 3. The Morgan fingerprint density at radius 1 is 0.955 bits per heavy atom. The molecule has 17 N–H and O–H groups in total. The Balaban J connectivity index is 0.000000256. The lowest BCUT2D eigenvalue weighted by Crippen LogP contribution is -2.70. The van der Waals surface area contributed by atoms with E-state index in [2.05, 4.69) is 59.5 Å². The van der Waals surface area contributed by atoms with Crippen molar-refractivity contribution in [2.45, 2.75) is 216 Å². The Hall–Kier alpha value is -5.44. The number of allylic oxidation sites excluding steroid dienone is 3. The van der Waals surface area contributed by atoms with Crippen LogP contribution < -0.4 is 37.3 Å². The first-order valence-electron chi connectivity index (χ1n) is 30.2. The smallest absolute Gasteiger partial charge is 0.308 e. The van der Waals surface area contributed by atoms with Gasteiger partial charge in [0.05, 0.1) is 43.2 Å². The maximum Gasteiger partial charge on any atom is 0.308 e. The molecule has 4 fully saturated rings. The van der Waals surface area contributed by atoms with Crippen LogP contribution >= 0.6 is 0 Å². The lowest BCUT2D eigenvalue weighted by Gasteiger charge is -2.46. The van der Waals surface area contributed by atoms with Crippen molar-refractivity contribution in [2.24, 2.45) is 45.9 Å². The second-order valence-corrected chi connectivity index (χ2v) is 24.2. The second-order valence-electron chi connectivity index (χ2n) is 24.2. The number of likely N-dealkylation sites (N-methyl/N-ethyl adjacent to an activating group) is 2. The highest BCUT2D eigenvalue weighted by Crippen LogP contribution is 2.45. The maximum atomic E-state index is 12.4. The summed E-state index contributed by atoms with van der Waals surface area (Å²) < 4.78 is 45.5. The fraction of sp³-hybridized carbons (Fsp3) is 0.733. The van der Waals surface area contributed by atoms with Gasteiger partial charge in [-0.3, -0.25) is 24.6 Å². The average molecular weight is 1250 g/mol. The van der Waals surface area contributed by atoms with Crippen molar-refractivity contribution < 1.29 is 97.9 Å². The molecule has 3 saturated heterocycles. The van der Waals surface area contributed by atoms with Gasteiger partial charge in [0.15, 0.2) is 36.4 Å². The zero-order valence-electron chi connectivity index (χ0n) is 52.3. The molecule has 88 heavy (non-hydrogen) atoms. The minimum Gasteiger partial charge on any atom is -0.492 e. The van der Waals surface area contributed by atoms with Gasteiger partial charge in [-0.15, -0.1) is 0 Å². The standard InChI is InChI=1S/C23H34O5.C21H39N7O12.C16H25NO3/c1-4-14(2)23(26)28-20-7-5-6-16-9-8-15(3)19(22(16)20)11-10-18-12-17(24)13-21(25)27-18;1-5-21(36,4-30)16(40-17-9(26-2)13(34)10(31)6(3-29)38-17)18(37-5)39-15-8(28-20(24)25)11(32)7(27-19(22)23)12(33)14(15)35;1-11(2)14-10-15(20-13(4)18)12(3)9-16(14)19-8-7-17(5)6/h6,8-9,14-15,17-20,22,24H,4-5,7,10-13H2,1-3H3;4-18,26,29,31-36H,3H2,1-2H3,(H4,22,23,27)(H4,24,25,28);9-11H,7-8H2,1-6H3/t14-,15-,17+,18+,19-,20-,22-;5-,6-,7+,8-,9-,10-,11+,12-,13-,14+,15+,16-,17-,18-,21+;/m00./s1. The zero-order valence-corrected chi connectivity index (χ0v) is 52.3. The summed E-state index contributed by atoms with van der Waals surface area (Å²) in [6.45, 7) is 15.8. The fourth-order valence-electron chi connectivity index (χ4n) is 11.8. The number of aliphatic hydroxyl groups is 8. The van der Waals surface area contributed by atoms with Gasteiger partial charge < -0.3 is 111 Å². The molecule has 3 aliphatic heterocycles. The van der Waals surface area contributed by atoms with Crippen LogP contribution in [-0.4, -0.2) is 232 Å². The summed E-state index contributed by atoms with van der Waals surface area (Å²) in [6.07, 6.45) is -6.66. The van der Waals surface area contributed by atoms with Crippen molar-refractivity contribution in [3.63, 3.8) is 0 Å². The number of hydrogen-bond acceptors (Lipinski definition) is 24. The minimum atomic E-state index is -2.39. The normalized spacial score (nSPS) is 35.6. The molecule has 7 rings (SSSR count). The Bertz CT molecular complexity index is 2570. The van der Waals surface area contributed by atoms with E-state index in [4.69, 9.17) is 60.5 Å². The van der Waals surface area contributed by atoms with Gasteiger partial charge in [0.25, 0.3) is 0 Å². The number of carbonyl (C=O) groups excluding carboxylic acids is 4. The third-order valence-corrected chi connectivity index (χ3v) is 17.1. The Morgan fingerprint density at radius 3 is 2.23 bits per heavy atom. The number of cyclic esters (lactones) is 1. The maximum absolute atomic E-state index is 12.4. The Kier molecular flexibility index (Phi) is 27.5. The second kappa shape index (κ2) is 33.0. The lowest BCUT2D eigenvalue weighted by molar-refractivity contribution is -0.314. The summed E-state index contributed by atoms with van der Waals surface area (Å²) in [7, 11) is 5.45. The quantitative estimate of drug-likeness (QED) is 0.0230. The minimum absolute atomic E-state index is 0.0764. The number of hydrogen-bond donors (Lipinski definition) is 14. The van der Waals surface area contributed by atoms with Crippen LogP contribution in [0.2, 0.25) is 0 Å². The largest absolute Gasteiger partial charge is 0.492 e. The summed E-state index contributed by atoms with van der Waals surface area (Å²) in [5.41, 5.74) is 17.1. The first kappa shape index (κ1) is 73.3. The highest BCUT2D eigenvalue weighted by Gasteiger charge is 2.61. The van der Waals surface area contributed by atoms with Gasteiger partial charge in [-0.1, -0.05) is 52.8 Å². The summed E-state index contributed by atoms with van der Waals surface area (Å²) in [6, 6.07) is -0.161. The first-order valence-corrected chi connectivity index (χ1v) is 30.2. The molecule has 28 heteroatoms. The summed E-state index contributed by atoms with van der Waals surface area (Å²) in [5, 5.41) is 96.5. The van der Waals surface area contributed by atoms with Crippen molar-refractivity contribution in [1.82, 2.24) is 15.5 Å². The number of carbonyl (C=O) groups is 4. The van der Waals surface area contributed by atoms with Crippen molar-refractivity contribution in [1.29, 1.82) is 5.41 Å². The van der Waals surface area contributed by atoms with Crippen molar-refractivity contribution in [3.05, 3.63) is 47.1 Å². The Morgan fingerprint density at radius 2 is 1.65 bits per heavy atom. The van der Waals surface area contributed by atoms with E-state index in [1.54, 1.807) is 0 Å². The molecule has 3 aliphatic carbocycles. The molecule has 3 heterocycles. The van der Waals surface area contributed by atoms with E-state index >= 15 is 0 Å². The number of aliphatic imine (C=N–C) groups is 1. The van der Waals surface area contributed by atoms with Crippen molar-refractivity contribution >= 4 is 36.1 Å². The number of aliphatic hydroxyl groups excluding tert-OH is 7. The van der Waals surface area contributed by atoms with E-state index in [0.717, 1.165) is 55.5 Å². The zero-order chi connectivity index (χ0) is 65.6. The molecule has 0 bridgehead atoms. The molecule has 0 unspecified atom stereocenters. The third kappa shape index (κ3) is 18.6. The molecular formula is C60H98N8O20. The molecule has 0 radical (unpaired) electrons. The number of fused-ring (bicyclic) bond motifs is 1. The monoisotopic (exact) mass is 1250 g/mol. The van der Waals surface area contributed by atoms with Crippen LogP contribution in [-0.2, 0) is 47.6 Å². The highest BCUT2D eigenvalue weighted by molar-refractivity contribution is 5.76. The van der Waals surface area contributed by atoms with Crippen LogP contribution in [0.1, 0.15) is 110 Å². The fourth-order valence-corrected chi connectivity index (χ4v) is 11.8. The molecule has 0 spiro atoms. The summed E-state index contributed by atoms with van der Waals surface area (Å²) in [5.74, 6) is 0.751. The topological polar surface area (TPSA) is 446 Å². The lowest BCUT2D eigenvalue weighted by atomic mass is 9.66. The SMILES string of the molecule is CC(=O)Oc1cc(C(C)C)c(OCCN(C)C)cc1C.CC[C@H](C)C(=O)O[C@H]1CCC=C2C=C[C@H](C)[C@H](CC[C@@H]3C[C@@H](O)CC(=O)O3)[C@H]21.CN[C@@H]1[C@H](O[C@H]2[C@H](O[C@H]3[C@H](O)[C@@H](O)[C@H](N=C(N)N)[C@@H](O)[C@@H]3NC(=N)N)O[C@@H](C)[C@]2(O)C=O)O[C@@H](CO)[C@H](O)[C@H]1O. The molecule has 1 saturated carbocycles. The van der Waals surface area contributed by atoms with Crippen LogP contribution in [0.3, 0.4) is 0 Å². The predicted molar refractivity (Wildman–Crippen MR) is 319 cm³/mol. The number of benzene rings is 1. The van der Waals surface area contributed by atoms with Crippen molar-refractivity contribution in [3.8, 4) is 11.5 Å². The van der Waals surface area contributed by atoms with E-state index in [1.165, 1.54) is 26.5 Å². The van der Waals surface area contributed by atoms with Crippen LogP contribution in [0, 0.1) is 36.0 Å². The van der Waals surface area contributed by atoms with Gasteiger partial charge in [-0.05, 0) is 108 Å². The first-order chi connectivity index (χ1) is 41.4. The molecule has 1 aromatic carbocycles. The van der Waals surface area contributed by atoms with Crippen LogP contribution in [0.25, 0.3) is 0 Å². The van der Waals surface area contributed by atoms with Gasteiger partial charge in [0.1, 0.15) is 85.2 Å². The number of ether oxygens (including phenoxy) is 8. The van der Waals surface area contributed by atoms with Gasteiger partial charge in [-0.2, -0.15) is 0 Å². The summed E-state index contributed by atoms with van der Waals surface area (Å²) >= 11 is 0. The highest BCUT2D eigenvalue weighted by atomic mass is 16.8. The predicted octanol–water partition coefficient (Wildman–Crippen LogP) is -1.02. The van der Waals surface area contributed by atoms with E-state index in [9.17, 15) is 60.0 Å². The molecular weight excluding hydrogens is 1150 g/mol. The van der Waals surface area contributed by atoms with E-state index in [0.29, 0.717) is 36.5 Å². The number of nitrogens with one attached hydrogen (secondary N) is 3. The number of nitrogens with zero attached hydrogens (tertiary/aromatic N) is 2. The molecule has 22 atom stereocenters. The number of aryl methyl sites for hydroxylation is 1. The molecule has 0 aromatic heterocycles. The Labute approximate surface area is 514 Å². The van der Waals surface area contributed by atoms with Gasteiger partial charge in [-0.25, -0.2) is 4.99 Å². The average Bonchev–Trinajstić information content (AvgIpc) is 4.02. The van der Waals surface area contributed by atoms with E-state index in [-0.39, 0.29) is 54.7 Å². The van der Waals surface area contributed by atoms with E-state index in [1.807, 2.05) is 47.0 Å². The van der Waals surface area contributed by atoms with Gasteiger partial charge in [0.2, 0.25) is 0 Å².